The SMILES string of the molecule is CC(=O)Nc1cc(C)c(C)cc1C.CC(=O)Nc1ccc(C)cc1C.CC(=O)OC(C)=O.Cc1ccc(N)c(C)c1. The molecule has 2 amide bonds. The van der Waals surface area contributed by atoms with Crippen molar-refractivity contribution in [2.24, 2.45) is 0 Å². The number of esters is 2. The van der Waals surface area contributed by atoms with E-state index in [4.69, 9.17) is 5.73 Å². The van der Waals surface area contributed by atoms with Crippen LogP contribution in [0.1, 0.15) is 66.6 Å². The van der Waals surface area contributed by atoms with Crippen LogP contribution in [0.3, 0.4) is 0 Å². The second kappa shape index (κ2) is 18.0. The normalized spacial score (nSPS) is 9.34. The van der Waals surface area contributed by atoms with Gasteiger partial charge in [0.2, 0.25) is 11.8 Å². The number of carbonyl (C=O) groups excluding carboxylic acids is 4. The zero-order valence-electron chi connectivity index (χ0n) is 26.2. The van der Waals surface area contributed by atoms with Crippen LogP contribution in [0.2, 0.25) is 0 Å². The van der Waals surface area contributed by atoms with Crippen LogP contribution in [0.5, 0.6) is 0 Å². The average molecular weight is 564 g/mol. The van der Waals surface area contributed by atoms with E-state index < -0.39 is 11.9 Å². The van der Waals surface area contributed by atoms with Crippen molar-refractivity contribution in [2.45, 2.75) is 76.2 Å². The van der Waals surface area contributed by atoms with Gasteiger partial charge in [-0.15, -0.1) is 0 Å². The smallest absolute Gasteiger partial charge is 0.310 e. The molecule has 0 aromatic heterocycles. The Labute approximate surface area is 244 Å². The number of amides is 2. The first-order chi connectivity index (χ1) is 18.9. The Morgan fingerprint density at radius 3 is 1.34 bits per heavy atom. The Balaban J connectivity index is 0.000000534. The topological polar surface area (TPSA) is 128 Å². The molecule has 0 aliphatic carbocycles. The van der Waals surface area contributed by atoms with Crippen LogP contribution < -0.4 is 16.4 Å². The van der Waals surface area contributed by atoms with Gasteiger partial charge >= 0.3 is 11.9 Å². The lowest BCUT2D eigenvalue weighted by atomic mass is 10.1. The number of anilines is 3. The average Bonchev–Trinajstić information content (AvgIpc) is 2.82. The third kappa shape index (κ3) is 16.3. The molecule has 4 N–H and O–H groups in total. The van der Waals surface area contributed by atoms with Crippen LogP contribution in [0.15, 0.2) is 48.5 Å². The summed E-state index contributed by atoms with van der Waals surface area (Å²) in [4.78, 5) is 41.2. The lowest BCUT2D eigenvalue weighted by molar-refractivity contribution is -0.156. The van der Waals surface area contributed by atoms with E-state index in [9.17, 15) is 19.2 Å². The van der Waals surface area contributed by atoms with E-state index in [-0.39, 0.29) is 11.8 Å². The van der Waals surface area contributed by atoms with E-state index in [0.717, 1.165) is 33.8 Å². The molecule has 8 nitrogen and oxygen atoms in total. The number of carbonyl (C=O) groups is 4. The second-order valence-electron chi connectivity index (χ2n) is 9.88. The van der Waals surface area contributed by atoms with E-state index >= 15 is 0 Å². The van der Waals surface area contributed by atoms with Crippen LogP contribution >= 0.6 is 0 Å². The number of hydrogen-bond donors (Lipinski definition) is 3. The molecule has 0 unspecified atom stereocenters. The summed E-state index contributed by atoms with van der Waals surface area (Å²) < 4.78 is 3.97. The summed E-state index contributed by atoms with van der Waals surface area (Å²) in [6.45, 7) is 19.6. The maximum absolute atomic E-state index is 10.9. The predicted octanol–water partition coefficient (Wildman–Crippen LogP) is 6.81. The van der Waals surface area contributed by atoms with E-state index in [1.54, 1.807) is 0 Å². The molecule has 222 valence electrons. The largest absolute Gasteiger partial charge is 0.399 e. The minimum absolute atomic E-state index is 0.0219. The number of nitrogens with one attached hydrogen (secondary N) is 2. The van der Waals surface area contributed by atoms with Crippen molar-refractivity contribution in [1.29, 1.82) is 0 Å². The lowest BCUT2D eigenvalue weighted by Crippen LogP contribution is -2.07. The van der Waals surface area contributed by atoms with E-state index in [1.165, 1.54) is 49.9 Å². The van der Waals surface area contributed by atoms with Crippen LogP contribution in [-0.2, 0) is 23.9 Å². The van der Waals surface area contributed by atoms with E-state index in [2.05, 4.69) is 41.4 Å². The highest BCUT2D eigenvalue weighted by Gasteiger charge is 2.02. The van der Waals surface area contributed by atoms with Crippen LogP contribution in [0.4, 0.5) is 17.1 Å². The van der Waals surface area contributed by atoms with Crippen LogP contribution in [0, 0.1) is 48.5 Å². The molecule has 0 bridgehead atoms. The number of benzene rings is 3. The van der Waals surface area contributed by atoms with E-state index in [0.29, 0.717) is 0 Å². The molecule has 0 spiro atoms. The summed E-state index contributed by atoms with van der Waals surface area (Å²) in [6.07, 6.45) is 0. The van der Waals surface area contributed by atoms with Gasteiger partial charge in [0, 0.05) is 44.8 Å². The Bertz CT molecular complexity index is 1350. The van der Waals surface area contributed by atoms with Gasteiger partial charge in [0.15, 0.2) is 0 Å². The zero-order valence-corrected chi connectivity index (χ0v) is 26.2. The number of nitrogen functional groups attached to an aromatic ring is 1. The fraction of sp³-hybridized carbons (Fsp3) is 0.333. The Morgan fingerprint density at radius 2 is 0.951 bits per heavy atom. The van der Waals surface area contributed by atoms with Gasteiger partial charge in [-0.05, 0) is 94.5 Å². The van der Waals surface area contributed by atoms with Gasteiger partial charge in [-0.3, -0.25) is 19.2 Å². The molecule has 0 aliphatic rings. The van der Waals surface area contributed by atoms with Gasteiger partial charge in [0.1, 0.15) is 0 Å². The molecule has 0 fully saturated rings. The molecule has 8 heteroatoms. The van der Waals surface area contributed by atoms with Crippen molar-refractivity contribution < 1.29 is 23.9 Å². The van der Waals surface area contributed by atoms with Crippen LogP contribution in [0.25, 0.3) is 0 Å². The highest BCUT2D eigenvalue weighted by molar-refractivity contribution is 5.90. The van der Waals surface area contributed by atoms with Gasteiger partial charge in [0.05, 0.1) is 0 Å². The zero-order chi connectivity index (χ0) is 31.9. The monoisotopic (exact) mass is 563 g/mol. The summed E-state index contributed by atoms with van der Waals surface area (Å²) in [7, 11) is 0. The number of aryl methyl sites for hydroxylation is 7. The summed E-state index contributed by atoms with van der Waals surface area (Å²) >= 11 is 0. The van der Waals surface area contributed by atoms with Crippen molar-refractivity contribution in [3.05, 3.63) is 87.5 Å². The minimum atomic E-state index is -0.562. The Hall–Kier alpha value is -4.46. The molecule has 3 aromatic carbocycles. The van der Waals surface area contributed by atoms with Gasteiger partial charge in [-0.1, -0.05) is 41.5 Å². The molecule has 41 heavy (non-hydrogen) atoms. The fourth-order valence-corrected chi connectivity index (χ4v) is 3.46. The molecule has 0 radical (unpaired) electrons. The van der Waals surface area contributed by atoms with Gasteiger partial charge in [-0.2, -0.15) is 0 Å². The van der Waals surface area contributed by atoms with E-state index in [1.807, 2.05) is 71.0 Å². The molecule has 0 atom stereocenters. The Kier molecular flexibility index (Phi) is 16.0. The van der Waals surface area contributed by atoms with Crippen LogP contribution in [-0.4, -0.2) is 23.8 Å². The molecule has 0 saturated heterocycles. The first kappa shape index (κ1) is 36.5. The third-order valence-electron chi connectivity index (χ3n) is 5.56. The standard InChI is InChI=1S/C11H15NO.C10H13NO.C8H11N.C4H6O3/c1-7-5-9(3)11(6-8(7)2)12-10(4)13;1-7-4-5-10(8(2)6-7)11-9(3)12;1-6-3-4-8(9)7(2)5-6;1-3(5)7-4(2)6/h5-6H,1-4H3,(H,12,13);4-6H,1-3H3,(H,11,12);3-5H,9H2,1-2H3;1-2H3. The second-order valence-corrected chi connectivity index (χ2v) is 9.88. The van der Waals surface area contributed by atoms with Crippen molar-refractivity contribution >= 4 is 40.8 Å². The molecule has 3 rings (SSSR count). The highest BCUT2D eigenvalue weighted by atomic mass is 16.6. The first-order valence-electron chi connectivity index (χ1n) is 13.1. The maximum Gasteiger partial charge on any atom is 0.310 e. The minimum Gasteiger partial charge on any atom is -0.399 e. The molecular formula is C33H45N3O5. The molecule has 3 aromatic rings. The quantitative estimate of drug-likeness (QED) is 0.178. The fourth-order valence-electron chi connectivity index (χ4n) is 3.46. The number of hydrogen-bond acceptors (Lipinski definition) is 6. The number of ether oxygens (including phenoxy) is 1. The summed E-state index contributed by atoms with van der Waals surface area (Å²) in [5.41, 5.74) is 16.6. The molecular weight excluding hydrogens is 518 g/mol. The maximum atomic E-state index is 10.9. The highest BCUT2D eigenvalue weighted by Crippen LogP contribution is 2.19. The summed E-state index contributed by atoms with van der Waals surface area (Å²) in [5, 5.41) is 5.56. The van der Waals surface area contributed by atoms with Crippen molar-refractivity contribution in [1.82, 2.24) is 0 Å². The van der Waals surface area contributed by atoms with Gasteiger partial charge < -0.3 is 21.1 Å². The molecule has 0 heterocycles. The number of rotatable bonds is 2. The molecule has 0 saturated carbocycles. The van der Waals surface area contributed by atoms with Gasteiger partial charge in [0.25, 0.3) is 0 Å². The van der Waals surface area contributed by atoms with Crippen molar-refractivity contribution in [2.75, 3.05) is 16.4 Å². The summed E-state index contributed by atoms with van der Waals surface area (Å²) in [6, 6.07) is 16.1. The molecule has 0 aliphatic heterocycles. The van der Waals surface area contributed by atoms with Gasteiger partial charge in [-0.25, -0.2) is 0 Å². The first-order valence-corrected chi connectivity index (χ1v) is 13.1. The van der Waals surface area contributed by atoms with Crippen molar-refractivity contribution in [3.8, 4) is 0 Å². The third-order valence-corrected chi connectivity index (χ3v) is 5.56. The lowest BCUT2D eigenvalue weighted by Gasteiger charge is -2.09. The predicted molar refractivity (Wildman–Crippen MR) is 168 cm³/mol. The Morgan fingerprint density at radius 1 is 0.537 bits per heavy atom. The number of nitrogens with two attached hydrogens (primary N) is 1. The van der Waals surface area contributed by atoms with Crippen molar-refractivity contribution in [3.63, 3.8) is 0 Å². The summed E-state index contributed by atoms with van der Waals surface area (Å²) in [5.74, 6) is -1.17.